The summed E-state index contributed by atoms with van der Waals surface area (Å²) in [5, 5.41) is 22.8. The third-order valence-corrected chi connectivity index (χ3v) is 3.74. The molecule has 7 heteroatoms. The first-order valence-corrected chi connectivity index (χ1v) is 7.32. The van der Waals surface area contributed by atoms with E-state index in [1.54, 1.807) is 42.5 Å². The molecule has 0 atom stereocenters. The Morgan fingerprint density at radius 2 is 2.00 bits per heavy atom. The minimum absolute atomic E-state index is 0.0271. The number of anilines is 1. The zero-order valence-electron chi connectivity index (χ0n) is 12.7. The Hall–Kier alpha value is -3.19. The van der Waals surface area contributed by atoms with Crippen LogP contribution in [0.2, 0.25) is 0 Å². The molecule has 0 unspecified atom stereocenters. The van der Waals surface area contributed by atoms with Crippen LogP contribution in [0.15, 0.2) is 54.6 Å². The molecule has 0 spiro atoms. The normalized spacial score (nSPS) is 14.1. The summed E-state index contributed by atoms with van der Waals surface area (Å²) in [6.45, 7) is 0.233. The van der Waals surface area contributed by atoms with Crippen molar-refractivity contribution in [1.82, 2.24) is 5.32 Å². The lowest BCUT2D eigenvalue weighted by atomic mass is 10.1. The molecule has 0 bridgehead atoms. The van der Waals surface area contributed by atoms with E-state index in [1.165, 1.54) is 17.0 Å². The Bertz CT molecular complexity index is 832. The van der Waals surface area contributed by atoms with Crippen LogP contribution in [-0.4, -0.2) is 22.6 Å². The van der Waals surface area contributed by atoms with Crippen molar-refractivity contribution in [2.24, 2.45) is 0 Å². The third kappa shape index (κ3) is 3.11. The lowest BCUT2D eigenvalue weighted by molar-refractivity contribution is -0.384. The van der Waals surface area contributed by atoms with Crippen molar-refractivity contribution in [2.75, 3.05) is 11.4 Å². The molecule has 0 saturated carbocycles. The number of non-ortho nitro benzene ring substituents is 1. The average molecular weight is 325 g/mol. The fraction of sp³-hybridized carbons (Fsp3) is 0.118. The number of rotatable bonds is 4. The molecule has 0 aromatic heterocycles. The minimum atomic E-state index is -0.471. The van der Waals surface area contributed by atoms with Gasteiger partial charge in [0.15, 0.2) is 0 Å². The number of benzene rings is 2. The van der Waals surface area contributed by atoms with Gasteiger partial charge in [-0.1, -0.05) is 24.3 Å². The maximum atomic E-state index is 12.4. The third-order valence-electron chi connectivity index (χ3n) is 3.74. The number of aliphatic hydroxyl groups is 1. The molecule has 122 valence electrons. The van der Waals surface area contributed by atoms with Crippen LogP contribution in [0, 0.1) is 10.1 Å². The second-order valence-electron chi connectivity index (χ2n) is 5.29. The smallest absolute Gasteiger partial charge is 0.326 e. The molecule has 0 saturated heterocycles. The Labute approximate surface area is 138 Å². The van der Waals surface area contributed by atoms with Gasteiger partial charge in [0.25, 0.3) is 5.69 Å². The number of aliphatic hydroxyl groups excluding tert-OH is 1. The predicted octanol–water partition coefficient (Wildman–Crippen LogP) is 2.66. The van der Waals surface area contributed by atoms with Gasteiger partial charge in [0, 0.05) is 35.6 Å². The molecule has 2 aromatic carbocycles. The molecule has 2 aromatic rings. The van der Waals surface area contributed by atoms with E-state index in [0.29, 0.717) is 29.1 Å². The summed E-state index contributed by atoms with van der Waals surface area (Å²) in [7, 11) is 0. The van der Waals surface area contributed by atoms with Crippen LogP contribution >= 0.6 is 0 Å². The van der Waals surface area contributed by atoms with Crippen LogP contribution in [0.25, 0.3) is 5.70 Å². The number of nitrogens with zero attached hydrogens (tertiary/aromatic N) is 2. The first-order valence-electron chi connectivity index (χ1n) is 7.32. The highest BCUT2D eigenvalue weighted by atomic mass is 16.6. The van der Waals surface area contributed by atoms with Gasteiger partial charge in [-0.3, -0.25) is 15.0 Å². The quantitative estimate of drug-likeness (QED) is 0.667. The number of amides is 2. The van der Waals surface area contributed by atoms with Crippen LogP contribution in [0.5, 0.6) is 0 Å². The first-order chi connectivity index (χ1) is 11.6. The molecule has 2 amide bonds. The highest BCUT2D eigenvalue weighted by Gasteiger charge is 2.22. The van der Waals surface area contributed by atoms with E-state index >= 15 is 0 Å². The van der Waals surface area contributed by atoms with Crippen molar-refractivity contribution in [1.29, 1.82) is 0 Å². The molecule has 7 nitrogen and oxygen atoms in total. The fourth-order valence-corrected chi connectivity index (χ4v) is 2.52. The summed E-state index contributed by atoms with van der Waals surface area (Å²) in [4.78, 5) is 24.3. The number of nitro benzene ring substituents is 1. The fourth-order valence-electron chi connectivity index (χ4n) is 2.52. The van der Waals surface area contributed by atoms with Crippen molar-refractivity contribution in [3.63, 3.8) is 0 Å². The Balaban J connectivity index is 1.86. The van der Waals surface area contributed by atoms with Gasteiger partial charge in [-0.05, 0) is 23.8 Å². The van der Waals surface area contributed by atoms with Crippen LogP contribution in [-0.2, 0) is 6.61 Å². The van der Waals surface area contributed by atoms with E-state index in [0.717, 1.165) is 0 Å². The molecule has 1 aliphatic rings. The standard InChI is InChI=1S/C17H15N3O4/c21-11-12-3-1-5-14(9-12)19-8-7-16(18-17(19)22)13-4-2-6-15(10-13)20(23)24/h1-7,9-10,21H,8,11H2,(H,18,22). The van der Waals surface area contributed by atoms with E-state index in [2.05, 4.69) is 5.32 Å². The van der Waals surface area contributed by atoms with E-state index in [1.807, 2.05) is 0 Å². The molecule has 0 fully saturated rings. The van der Waals surface area contributed by atoms with Crippen LogP contribution in [0.4, 0.5) is 16.2 Å². The summed E-state index contributed by atoms with van der Waals surface area (Å²) in [6, 6.07) is 12.9. The topological polar surface area (TPSA) is 95.7 Å². The average Bonchev–Trinajstić information content (AvgIpc) is 2.61. The summed E-state index contributed by atoms with van der Waals surface area (Å²) < 4.78 is 0. The number of carbonyl (C=O) groups is 1. The van der Waals surface area contributed by atoms with Gasteiger partial charge in [0.05, 0.1) is 11.5 Å². The molecule has 1 aliphatic heterocycles. The molecule has 1 heterocycles. The molecule has 0 radical (unpaired) electrons. The van der Waals surface area contributed by atoms with Gasteiger partial charge in [-0.2, -0.15) is 0 Å². The molecular formula is C17H15N3O4. The summed E-state index contributed by atoms with van der Waals surface area (Å²) >= 11 is 0. The van der Waals surface area contributed by atoms with E-state index < -0.39 is 4.92 Å². The Kier molecular flexibility index (Phi) is 4.26. The van der Waals surface area contributed by atoms with Crippen LogP contribution < -0.4 is 10.2 Å². The van der Waals surface area contributed by atoms with Crippen molar-refractivity contribution in [3.8, 4) is 0 Å². The number of carbonyl (C=O) groups excluding carboxylic acids is 1. The second-order valence-corrected chi connectivity index (χ2v) is 5.29. The first kappa shape index (κ1) is 15.7. The summed E-state index contributed by atoms with van der Waals surface area (Å²) in [5.74, 6) is 0. The second kappa shape index (κ2) is 6.51. The van der Waals surface area contributed by atoms with Crippen molar-refractivity contribution >= 4 is 23.1 Å². The minimum Gasteiger partial charge on any atom is -0.392 e. The zero-order chi connectivity index (χ0) is 17.1. The van der Waals surface area contributed by atoms with Gasteiger partial charge < -0.3 is 10.4 Å². The number of hydrogen-bond donors (Lipinski definition) is 2. The Morgan fingerprint density at radius 3 is 2.71 bits per heavy atom. The van der Waals surface area contributed by atoms with Gasteiger partial charge in [0.2, 0.25) is 0 Å². The SMILES string of the molecule is O=C1NC(c2cccc([N+](=O)[O-])c2)=CCN1c1cccc(CO)c1. The molecule has 24 heavy (non-hydrogen) atoms. The van der Waals surface area contributed by atoms with E-state index in [-0.39, 0.29) is 18.3 Å². The largest absolute Gasteiger partial charge is 0.392 e. The van der Waals surface area contributed by atoms with Crippen molar-refractivity contribution in [3.05, 3.63) is 75.8 Å². The number of hydrogen-bond acceptors (Lipinski definition) is 4. The zero-order valence-corrected chi connectivity index (χ0v) is 12.7. The summed E-state index contributed by atoms with van der Waals surface area (Å²) in [6.07, 6.45) is 1.80. The van der Waals surface area contributed by atoms with Crippen LogP contribution in [0.1, 0.15) is 11.1 Å². The molecule has 3 rings (SSSR count). The number of urea groups is 1. The highest BCUT2D eigenvalue weighted by molar-refractivity contribution is 6.00. The van der Waals surface area contributed by atoms with Gasteiger partial charge >= 0.3 is 6.03 Å². The Morgan fingerprint density at radius 1 is 1.21 bits per heavy atom. The number of nitrogens with one attached hydrogen (secondary N) is 1. The maximum Gasteiger partial charge on any atom is 0.326 e. The molecular weight excluding hydrogens is 310 g/mol. The van der Waals surface area contributed by atoms with Crippen molar-refractivity contribution in [2.45, 2.75) is 6.61 Å². The van der Waals surface area contributed by atoms with E-state index in [9.17, 15) is 20.0 Å². The van der Waals surface area contributed by atoms with Gasteiger partial charge in [-0.25, -0.2) is 4.79 Å². The molecule has 0 aliphatic carbocycles. The lowest BCUT2D eigenvalue weighted by Gasteiger charge is -2.27. The summed E-state index contributed by atoms with van der Waals surface area (Å²) in [5.41, 5.74) is 2.49. The lowest BCUT2D eigenvalue weighted by Crippen LogP contribution is -2.43. The highest BCUT2D eigenvalue weighted by Crippen LogP contribution is 2.24. The molecule has 2 N–H and O–H groups in total. The van der Waals surface area contributed by atoms with Crippen molar-refractivity contribution < 1.29 is 14.8 Å². The van der Waals surface area contributed by atoms with Gasteiger partial charge in [0.1, 0.15) is 0 Å². The monoisotopic (exact) mass is 325 g/mol. The maximum absolute atomic E-state index is 12.4. The van der Waals surface area contributed by atoms with Gasteiger partial charge in [-0.15, -0.1) is 0 Å². The van der Waals surface area contributed by atoms with E-state index in [4.69, 9.17) is 0 Å². The predicted molar refractivity (Wildman–Crippen MR) is 89.3 cm³/mol. The number of nitro groups is 1. The van der Waals surface area contributed by atoms with Crippen LogP contribution in [0.3, 0.4) is 0 Å².